The Morgan fingerprint density at radius 1 is 1.33 bits per heavy atom. The molecule has 0 saturated heterocycles. The Morgan fingerprint density at radius 2 is 2.11 bits per heavy atom. The van der Waals surface area contributed by atoms with Gasteiger partial charge in [-0.25, -0.2) is 14.4 Å². The number of methoxy groups -OCH3 is 1. The molecule has 0 unspecified atom stereocenters. The summed E-state index contributed by atoms with van der Waals surface area (Å²) in [5, 5.41) is 3.01. The van der Waals surface area contributed by atoms with Crippen molar-refractivity contribution in [3.63, 3.8) is 0 Å². The largest absolute Gasteiger partial charge is 0.490 e. The van der Waals surface area contributed by atoms with Gasteiger partial charge in [0.15, 0.2) is 11.6 Å². The molecule has 1 heterocycles. The smallest absolute Gasteiger partial charge is 0.204 e. The van der Waals surface area contributed by atoms with Crippen LogP contribution in [-0.4, -0.2) is 17.1 Å². The van der Waals surface area contributed by atoms with Gasteiger partial charge < -0.3 is 15.8 Å². The molecule has 0 atom stereocenters. The van der Waals surface area contributed by atoms with Crippen molar-refractivity contribution in [3.05, 3.63) is 35.9 Å². The minimum atomic E-state index is -0.255. The van der Waals surface area contributed by atoms with Gasteiger partial charge in [0.05, 0.1) is 7.11 Å². The van der Waals surface area contributed by atoms with Gasteiger partial charge in [-0.2, -0.15) is 0 Å². The van der Waals surface area contributed by atoms with Crippen LogP contribution >= 0.6 is 0 Å². The van der Waals surface area contributed by atoms with Gasteiger partial charge in [0, 0.05) is 5.69 Å². The Morgan fingerprint density at radius 3 is 2.78 bits per heavy atom. The summed E-state index contributed by atoms with van der Waals surface area (Å²) < 4.78 is 18.3. The van der Waals surface area contributed by atoms with Gasteiger partial charge in [0.25, 0.3) is 0 Å². The lowest BCUT2D eigenvalue weighted by molar-refractivity contribution is 0.415. The number of nitrogens with one attached hydrogen (secondary N) is 1. The van der Waals surface area contributed by atoms with Crippen LogP contribution in [0.3, 0.4) is 0 Å². The molecule has 0 fully saturated rings. The lowest BCUT2D eigenvalue weighted by Gasteiger charge is -2.11. The molecule has 2 aromatic rings. The molecule has 94 valence electrons. The van der Waals surface area contributed by atoms with Gasteiger partial charge in [0.2, 0.25) is 5.75 Å². The van der Waals surface area contributed by atoms with Crippen LogP contribution in [0.2, 0.25) is 0 Å². The highest BCUT2D eigenvalue weighted by molar-refractivity contribution is 5.68. The molecular formula is C12H13FN4O. The first-order valence-corrected chi connectivity index (χ1v) is 5.29. The highest BCUT2D eigenvalue weighted by atomic mass is 19.1. The molecule has 0 aliphatic heterocycles. The van der Waals surface area contributed by atoms with E-state index < -0.39 is 0 Å². The standard InChI is InChI=1S/C12H13FN4O/c1-7-5-8(3-4-9(7)13)17-12-10(18-2)11(14)15-6-16-12/h3-6H,1-2H3,(H3,14,15,16,17). The molecule has 18 heavy (non-hydrogen) atoms. The highest BCUT2D eigenvalue weighted by Gasteiger charge is 2.10. The van der Waals surface area contributed by atoms with Crippen molar-refractivity contribution in [2.75, 3.05) is 18.2 Å². The fourth-order valence-corrected chi connectivity index (χ4v) is 1.54. The molecule has 6 heteroatoms. The number of nitrogen functional groups attached to an aromatic ring is 1. The second-order valence-corrected chi connectivity index (χ2v) is 3.73. The van der Waals surface area contributed by atoms with Crippen molar-refractivity contribution >= 4 is 17.3 Å². The van der Waals surface area contributed by atoms with E-state index in [9.17, 15) is 4.39 Å². The first-order valence-electron chi connectivity index (χ1n) is 5.29. The zero-order valence-electron chi connectivity index (χ0n) is 10.1. The SMILES string of the molecule is COc1c(N)ncnc1Nc1ccc(F)c(C)c1. The Balaban J connectivity index is 2.34. The molecule has 3 N–H and O–H groups in total. The molecule has 0 spiro atoms. The molecule has 0 amide bonds. The monoisotopic (exact) mass is 248 g/mol. The van der Waals surface area contributed by atoms with E-state index in [0.29, 0.717) is 22.8 Å². The van der Waals surface area contributed by atoms with E-state index in [2.05, 4.69) is 15.3 Å². The Hall–Kier alpha value is -2.37. The van der Waals surface area contributed by atoms with Crippen LogP contribution in [-0.2, 0) is 0 Å². The van der Waals surface area contributed by atoms with Gasteiger partial charge in [-0.1, -0.05) is 0 Å². The zero-order valence-corrected chi connectivity index (χ0v) is 10.1. The maximum Gasteiger partial charge on any atom is 0.204 e. The number of anilines is 3. The third-order valence-electron chi connectivity index (χ3n) is 2.46. The number of ether oxygens (including phenoxy) is 1. The number of benzene rings is 1. The summed E-state index contributed by atoms with van der Waals surface area (Å²) in [5.41, 5.74) is 6.91. The fraction of sp³-hybridized carbons (Fsp3) is 0.167. The van der Waals surface area contributed by atoms with Crippen molar-refractivity contribution in [3.8, 4) is 5.75 Å². The second kappa shape index (κ2) is 4.87. The molecule has 0 bridgehead atoms. The molecule has 5 nitrogen and oxygen atoms in total. The number of hydrogen-bond acceptors (Lipinski definition) is 5. The van der Waals surface area contributed by atoms with Crippen LogP contribution in [0.25, 0.3) is 0 Å². The van der Waals surface area contributed by atoms with Crippen molar-refractivity contribution in [2.45, 2.75) is 6.92 Å². The second-order valence-electron chi connectivity index (χ2n) is 3.73. The number of nitrogens with zero attached hydrogens (tertiary/aromatic N) is 2. The minimum absolute atomic E-state index is 0.244. The van der Waals surface area contributed by atoms with Crippen molar-refractivity contribution in [1.29, 1.82) is 0 Å². The van der Waals surface area contributed by atoms with E-state index in [4.69, 9.17) is 10.5 Å². The summed E-state index contributed by atoms with van der Waals surface area (Å²) in [4.78, 5) is 7.86. The topological polar surface area (TPSA) is 73.1 Å². The van der Waals surface area contributed by atoms with Crippen LogP contribution in [0, 0.1) is 12.7 Å². The third kappa shape index (κ3) is 2.32. The number of hydrogen-bond donors (Lipinski definition) is 2. The van der Waals surface area contributed by atoms with E-state index >= 15 is 0 Å². The maximum absolute atomic E-state index is 13.1. The molecule has 2 rings (SSSR count). The predicted molar refractivity (Wildman–Crippen MR) is 67.4 cm³/mol. The van der Waals surface area contributed by atoms with Crippen molar-refractivity contribution in [1.82, 2.24) is 9.97 Å². The van der Waals surface area contributed by atoms with Crippen LogP contribution < -0.4 is 15.8 Å². The van der Waals surface area contributed by atoms with E-state index in [1.165, 1.54) is 19.5 Å². The van der Waals surface area contributed by atoms with Gasteiger partial charge in [-0.15, -0.1) is 0 Å². The Bertz CT molecular complexity index is 574. The molecule has 0 radical (unpaired) electrons. The van der Waals surface area contributed by atoms with Crippen LogP contribution in [0.1, 0.15) is 5.56 Å². The van der Waals surface area contributed by atoms with E-state index in [1.54, 1.807) is 19.1 Å². The van der Waals surface area contributed by atoms with Crippen LogP contribution in [0.4, 0.5) is 21.7 Å². The van der Waals surface area contributed by atoms with E-state index in [-0.39, 0.29) is 11.6 Å². The quantitative estimate of drug-likeness (QED) is 0.871. The molecule has 0 saturated carbocycles. The van der Waals surface area contributed by atoms with Gasteiger partial charge in [-0.3, -0.25) is 0 Å². The first kappa shape index (κ1) is 12.1. The first-order chi connectivity index (χ1) is 8.61. The molecule has 0 aliphatic rings. The summed E-state index contributed by atoms with van der Waals surface area (Å²) in [5.74, 6) is 0.791. The van der Waals surface area contributed by atoms with Gasteiger partial charge in [0.1, 0.15) is 12.1 Å². The molecule has 0 aliphatic carbocycles. The zero-order chi connectivity index (χ0) is 13.1. The Labute approximate surface area is 104 Å². The average molecular weight is 248 g/mol. The lowest BCUT2D eigenvalue weighted by atomic mass is 10.2. The Kier molecular flexibility index (Phi) is 3.27. The van der Waals surface area contributed by atoms with E-state index in [0.717, 1.165) is 0 Å². The predicted octanol–water partition coefficient (Wildman–Crippen LogP) is 2.26. The maximum atomic E-state index is 13.1. The summed E-state index contributed by atoms with van der Waals surface area (Å²) in [6.45, 7) is 1.69. The van der Waals surface area contributed by atoms with Crippen LogP contribution in [0.15, 0.2) is 24.5 Å². The number of nitrogens with two attached hydrogens (primary N) is 1. The number of aryl methyl sites for hydroxylation is 1. The molecule has 1 aromatic heterocycles. The summed E-state index contributed by atoms with van der Waals surface area (Å²) in [6, 6.07) is 4.67. The van der Waals surface area contributed by atoms with Crippen LogP contribution in [0.5, 0.6) is 5.75 Å². The highest BCUT2D eigenvalue weighted by Crippen LogP contribution is 2.29. The van der Waals surface area contributed by atoms with Crippen molar-refractivity contribution in [2.24, 2.45) is 0 Å². The van der Waals surface area contributed by atoms with E-state index in [1.807, 2.05) is 0 Å². The minimum Gasteiger partial charge on any atom is -0.490 e. The third-order valence-corrected chi connectivity index (χ3v) is 2.46. The normalized spacial score (nSPS) is 10.2. The number of rotatable bonds is 3. The summed E-state index contributed by atoms with van der Waals surface area (Å²) >= 11 is 0. The van der Waals surface area contributed by atoms with Gasteiger partial charge >= 0.3 is 0 Å². The molecule has 1 aromatic carbocycles. The summed E-state index contributed by atoms with van der Waals surface area (Å²) in [7, 11) is 1.48. The summed E-state index contributed by atoms with van der Waals surface area (Å²) in [6.07, 6.45) is 1.33. The number of aromatic nitrogens is 2. The number of halogens is 1. The van der Waals surface area contributed by atoms with Crippen molar-refractivity contribution < 1.29 is 9.13 Å². The fourth-order valence-electron chi connectivity index (χ4n) is 1.54. The average Bonchev–Trinajstić information content (AvgIpc) is 2.34. The molecular weight excluding hydrogens is 235 g/mol. The van der Waals surface area contributed by atoms with Gasteiger partial charge in [-0.05, 0) is 30.7 Å². The lowest BCUT2D eigenvalue weighted by Crippen LogP contribution is -2.03.